The van der Waals surface area contributed by atoms with Crippen molar-refractivity contribution in [3.05, 3.63) is 77.9 Å². The van der Waals surface area contributed by atoms with E-state index < -0.39 is 11.9 Å². The van der Waals surface area contributed by atoms with E-state index in [1.54, 1.807) is 19.6 Å². The monoisotopic (exact) mass is 563 g/mol. The number of aromatic nitrogens is 6. The zero-order valence-corrected chi connectivity index (χ0v) is 22.8. The molecule has 9 nitrogen and oxygen atoms in total. The smallest absolute Gasteiger partial charge is 0.435 e. The third-order valence-corrected chi connectivity index (χ3v) is 7.21. The number of hydrogen-bond acceptors (Lipinski definition) is 7. The zero-order valence-electron chi connectivity index (χ0n) is 22.8. The summed E-state index contributed by atoms with van der Waals surface area (Å²) in [6.07, 6.45) is 4.11. The molecule has 0 aliphatic carbocycles. The average Bonchev–Trinajstić information content (AvgIpc) is 3.61. The molecule has 0 fully saturated rings. The second-order valence-corrected chi connectivity index (χ2v) is 9.90. The molecule has 0 radical (unpaired) electrons. The minimum atomic E-state index is -4.58. The molecule has 0 N–H and O–H groups in total. The Balaban J connectivity index is 1.46. The fraction of sp³-hybridized carbons (Fsp3) is 0.310. The molecule has 12 heteroatoms. The van der Waals surface area contributed by atoms with Gasteiger partial charge >= 0.3 is 6.18 Å². The summed E-state index contributed by atoms with van der Waals surface area (Å²) in [6, 6.07) is 7.62. The molecule has 0 saturated carbocycles. The van der Waals surface area contributed by atoms with Crippen LogP contribution in [0.15, 0.2) is 55.5 Å². The van der Waals surface area contributed by atoms with Crippen molar-refractivity contribution in [1.29, 1.82) is 0 Å². The number of alkyl halides is 3. The fourth-order valence-electron chi connectivity index (χ4n) is 5.49. The number of rotatable bonds is 7. The standard InChI is InChI=1S/C29H28F3N7O2/c1-4-41-26-12-24-22(11-25(26)40-3)28(35-16-34-24)39-7-5-20-19(14-39)9-18(13-38-8-6-33-17-38)10-21(20)23-15-37(2)36-27(23)29(30,31)32/h6,8-12,15-17H,4-5,7,13-14H2,1-3H3. The second-order valence-electron chi connectivity index (χ2n) is 9.90. The number of halogens is 3. The summed E-state index contributed by atoms with van der Waals surface area (Å²) in [4.78, 5) is 15.3. The molecule has 1 aliphatic heterocycles. The van der Waals surface area contributed by atoms with E-state index in [2.05, 4.69) is 31.0 Å². The van der Waals surface area contributed by atoms with Crippen molar-refractivity contribution in [3.63, 3.8) is 0 Å². The van der Waals surface area contributed by atoms with Gasteiger partial charge in [-0.2, -0.15) is 18.3 Å². The molecule has 6 rings (SSSR count). The third kappa shape index (κ3) is 5.05. The van der Waals surface area contributed by atoms with Gasteiger partial charge in [-0.25, -0.2) is 15.0 Å². The van der Waals surface area contributed by atoms with Gasteiger partial charge in [0.05, 0.1) is 25.6 Å². The Hall–Kier alpha value is -4.61. The molecule has 0 unspecified atom stereocenters. The molecule has 3 aromatic heterocycles. The maximum absolute atomic E-state index is 14.0. The Labute approximate surface area is 234 Å². The normalized spacial score (nSPS) is 13.5. The molecule has 5 aromatic rings. The summed E-state index contributed by atoms with van der Waals surface area (Å²) in [6.45, 7) is 3.88. The summed E-state index contributed by atoms with van der Waals surface area (Å²) in [5.41, 5.74) is 3.14. The number of benzene rings is 2. The molecule has 41 heavy (non-hydrogen) atoms. The molecular weight excluding hydrogens is 535 g/mol. The van der Waals surface area contributed by atoms with E-state index in [1.165, 1.54) is 24.3 Å². The molecule has 0 spiro atoms. The summed E-state index contributed by atoms with van der Waals surface area (Å²) >= 11 is 0. The molecule has 0 amide bonds. The summed E-state index contributed by atoms with van der Waals surface area (Å²) in [7, 11) is 3.09. The number of methoxy groups -OCH3 is 1. The van der Waals surface area contributed by atoms with Crippen LogP contribution in [0, 0.1) is 0 Å². The predicted octanol–water partition coefficient (Wildman–Crippen LogP) is 5.26. The van der Waals surface area contributed by atoms with Crippen LogP contribution >= 0.6 is 0 Å². The highest BCUT2D eigenvalue weighted by atomic mass is 19.4. The first kappa shape index (κ1) is 26.6. The third-order valence-electron chi connectivity index (χ3n) is 7.21. The van der Waals surface area contributed by atoms with Gasteiger partial charge in [0.2, 0.25) is 0 Å². The SMILES string of the molecule is CCOc1cc2ncnc(N3CCc4c(cc(Cn5ccnc5)cc4-c4cn(C)nc4C(F)(F)F)C3)c2cc1OC. The Bertz CT molecular complexity index is 1710. The maximum Gasteiger partial charge on any atom is 0.435 e. The van der Waals surface area contributed by atoms with E-state index in [0.29, 0.717) is 55.2 Å². The van der Waals surface area contributed by atoms with Crippen molar-refractivity contribution in [2.45, 2.75) is 32.6 Å². The molecule has 0 saturated heterocycles. The summed E-state index contributed by atoms with van der Waals surface area (Å²) < 4.78 is 56.5. The molecular formula is C29H28F3N7O2. The lowest BCUT2D eigenvalue weighted by Gasteiger charge is -2.32. The van der Waals surface area contributed by atoms with E-state index in [0.717, 1.165) is 27.9 Å². The van der Waals surface area contributed by atoms with Crippen LogP contribution in [0.3, 0.4) is 0 Å². The van der Waals surface area contributed by atoms with Crippen LogP contribution in [0.25, 0.3) is 22.0 Å². The molecule has 2 aromatic carbocycles. The zero-order chi connectivity index (χ0) is 28.7. The van der Waals surface area contributed by atoms with Crippen LogP contribution in [0.2, 0.25) is 0 Å². The minimum Gasteiger partial charge on any atom is -0.493 e. The second kappa shape index (κ2) is 10.4. The number of fused-ring (bicyclic) bond motifs is 2. The van der Waals surface area contributed by atoms with Gasteiger partial charge in [-0.15, -0.1) is 0 Å². The molecule has 4 heterocycles. The van der Waals surface area contributed by atoms with Gasteiger partial charge in [-0.05, 0) is 47.7 Å². The largest absolute Gasteiger partial charge is 0.493 e. The number of ether oxygens (including phenoxy) is 2. The molecule has 212 valence electrons. The lowest BCUT2D eigenvalue weighted by atomic mass is 9.88. The molecule has 1 aliphatic rings. The molecule has 0 bridgehead atoms. The van der Waals surface area contributed by atoms with Crippen molar-refractivity contribution in [1.82, 2.24) is 29.3 Å². The lowest BCUT2D eigenvalue weighted by molar-refractivity contribution is -0.140. The van der Waals surface area contributed by atoms with E-state index in [4.69, 9.17) is 9.47 Å². The van der Waals surface area contributed by atoms with Crippen molar-refractivity contribution < 1.29 is 22.6 Å². The van der Waals surface area contributed by atoms with Crippen molar-refractivity contribution in [3.8, 4) is 22.6 Å². The average molecular weight is 564 g/mol. The summed E-state index contributed by atoms with van der Waals surface area (Å²) in [5, 5.41) is 4.58. The fourth-order valence-corrected chi connectivity index (χ4v) is 5.49. The van der Waals surface area contributed by atoms with Crippen molar-refractivity contribution in [2.75, 3.05) is 25.2 Å². The van der Waals surface area contributed by atoms with Crippen LogP contribution in [-0.4, -0.2) is 49.6 Å². The van der Waals surface area contributed by atoms with Crippen LogP contribution in [-0.2, 0) is 32.7 Å². The number of hydrogen-bond donors (Lipinski definition) is 0. The van der Waals surface area contributed by atoms with Gasteiger partial charge in [0.25, 0.3) is 0 Å². The number of anilines is 1. The van der Waals surface area contributed by atoms with E-state index in [-0.39, 0.29) is 5.56 Å². The first-order valence-electron chi connectivity index (χ1n) is 13.2. The number of nitrogens with zero attached hydrogens (tertiary/aromatic N) is 7. The summed E-state index contributed by atoms with van der Waals surface area (Å²) in [5.74, 6) is 1.90. The first-order valence-corrected chi connectivity index (χ1v) is 13.2. The van der Waals surface area contributed by atoms with Gasteiger partial charge in [0.15, 0.2) is 17.2 Å². The quantitative estimate of drug-likeness (QED) is 0.267. The van der Waals surface area contributed by atoms with Crippen molar-refractivity contribution in [2.24, 2.45) is 7.05 Å². The first-order chi connectivity index (χ1) is 19.7. The van der Waals surface area contributed by atoms with Crippen LogP contribution in [0.1, 0.15) is 29.3 Å². The van der Waals surface area contributed by atoms with E-state index in [1.807, 2.05) is 35.9 Å². The Morgan fingerprint density at radius 3 is 2.63 bits per heavy atom. The number of aryl methyl sites for hydroxylation is 1. The Kier molecular flexibility index (Phi) is 6.76. The topological polar surface area (TPSA) is 83.1 Å². The highest BCUT2D eigenvalue weighted by molar-refractivity contribution is 5.92. The van der Waals surface area contributed by atoms with Gasteiger partial charge in [-0.3, -0.25) is 4.68 Å². The highest BCUT2D eigenvalue weighted by Crippen LogP contribution is 2.41. The Morgan fingerprint density at radius 2 is 1.90 bits per heavy atom. The maximum atomic E-state index is 14.0. The highest BCUT2D eigenvalue weighted by Gasteiger charge is 2.38. The van der Waals surface area contributed by atoms with Gasteiger partial charge in [-0.1, -0.05) is 6.07 Å². The Morgan fingerprint density at radius 1 is 1.05 bits per heavy atom. The van der Waals surface area contributed by atoms with Crippen molar-refractivity contribution >= 4 is 16.7 Å². The van der Waals surface area contributed by atoms with Crippen LogP contribution in [0.5, 0.6) is 11.5 Å². The number of imidazole rings is 1. The van der Waals surface area contributed by atoms with Gasteiger partial charge in [0.1, 0.15) is 12.1 Å². The van der Waals surface area contributed by atoms with E-state index >= 15 is 0 Å². The van der Waals surface area contributed by atoms with E-state index in [9.17, 15) is 13.2 Å². The van der Waals surface area contributed by atoms with Crippen LogP contribution in [0.4, 0.5) is 19.0 Å². The van der Waals surface area contributed by atoms with Crippen LogP contribution < -0.4 is 14.4 Å². The predicted molar refractivity (Wildman–Crippen MR) is 147 cm³/mol. The van der Waals surface area contributed by atoms with Gasteiger partial charge < -0.3 is 18.9 Å². The minimum absolute atomic E-state index is 0.0813. The lowest BCUT2D eigenvalue weighted by Crippen LogP contribution is -2.32. The van der Waals surface area contributed by atoms with Gasteiger partial charge in [0, 0.05) is 62.3 Å². The molecule has 0 atom stereocenters.